The summed E-state index contributed by atoms with van der Waals surface area (Å²) in [6, 6.07) is 17.1. The molecule has 0 saturated carbocycles. The summed E-state index contributed by atoms with van der Waals surface area (Å²) in [7, 11) is 0. The molecule has 2 heterocycles. The fourth-order valence-electron chi connectivity index (χ4n) is 4.55. The van der Waals surface area contributed by atoms with E-state index in [1.807, 2.05) is 31.2 Å². The van der Waals surface area contributed by atoms with Crippen molar-refractivity contribution in [3.05, 3.63) is 77.0 Å². The van der Waals surface area contributed by atoms with Gasteiger partial charge in [-0.15, -0.1) is 0 Å². The molecule has 1 aliphatic heterocycles. The standard InChI is InChI=1S/C28H35N5O2/c1-4-9-21-17-25(33-15-14-23(18-33)29-5-2)32-28(30-21)31-22-13-12-19(3)24(16-22)27(35)26(34)20-10-7-6-8-11-20/h6-8,10-13,16-17,23,27,29,35H,4-5,9,14-15,18H2,1-3H3,(H,30,31,32). The highest BCUT2D eigenvalue weighted by Gasteiger charge is 2.24. The number of benzene rings is 2. The molecule has 1 saturated heterocycles. The Morgan fingerprint density at radius 3 is 2.69 bits per heavy atom. The molecule has 7 nitrogen and oxygen atoms in total. The van der Waals surface area contributed by atoms with Gasteiger partial charge in [0, 0.05) is 42.1 Å². The van der Waals surface area contributed by atoms with E-state index in [4.69, 9.17) is 9.97 Å². The van der Waals surface area contributed by atoms with Crippen LogP contribution in [0.2, 0.25) is 0 Å². The van der Waals surface area contributed by atoms with E-state index >= 15 is 0 Å². The van der Waals surface area contributed by atoms with Gasteiger partial charge in [-0.05, 0) is 49.6 Å². The van der Waals surface area contributed by atoms with Crippen LogP contribution in [0.1, 0.15) is 60.0 Å². The molecule has 0 radical (unpaired) electrons. The molecule has 0 spiro atoms. The second kappa shape index (κ2) is 11.4. The van der Waals surface area contributed by atoms with Gasteiger partial charge in [-0.2, -0.15) is 4.98 Å². The molecule has 4 rings (SSSR count). The predicted octanol–water partition coefficient (Wildman–Crippen LogP) is 4.59. The van der Waals surface area contributed by atoms with Crippen LogP contribution in [0.3, 0.4) is 0 Å². The molecule has 0 aliphatic carbocycles. The zero-order chi connectivity index (χ0) is 24.8. The van der Waals surface area contributed by atoms with Gasteiger partial charge in [0.15, 0.2) is 5.78 Å². The van der Waals surface area contributed by atoms with E-state index in [1.54, 1.807) is 24.3 Å². The zero-order valence-corrected chi connectivity index (χ0v) is 20.8. The van der Waals surface area contributed by atoms with E-state index in [9.17, 15) is 9.90 Å². The van der Waals surface area contributed by atoms with Crippen LogP contribution in [0, 0.1) is 6.92 Å². The number of nitrogens with one attached hydrogen (secondary N) is 2. The average Bonchev–Trinajstić information content (AvgIpc) is 3.34. The summed E-state index contributed by atoms with van der Waals surface area (Å²) >= 11 is 0. The van der Waals surface area contributed by atoms with Crippen LogP contribution in [-0.4, -0.2) is 46.5 Å². The van der Waals surface area contributed by atoms with E-state index in [2.05, 4.69) is 35.4 Å². The molecule has 0 amide bonds. The topological polar surface area (TPSA) is 90.4 Å². The molecular formula is C28H35N5O2. The summed E-state index contributed by atoms with van der Waals surface area (Å²) in [4.78, 5) is 24.7. The minimum absolute atomic E-state index is 0.321. The number of hydrogen-bond donors (Lipinski definition) is 3. The zero-order valence-electron chi connectivity index (χ0n) is 20.8. The molecule has 0 bridgehead atoms. The van der Waals surface area contributed by atoms with Crippen molar-refractivity contribution in [1.29, 1.82) is 0 Å². The third kappa shape index (κ3) is 6.05. The van der Waals surface area contributed by atoms with Gasteiger partial charge < -0.3 is 20.6 Å². The summed E-state index contributed by atoms with van der Waals surface area (Å²) in [5, 5.41) is 17.7. The van der Waals surface area contributed by atoms with E-state index in [0.29, 0.717) is 23.1 Å². The number of aliphatic hydroxyl groups is 1. The number of Topliss-reactive ketones (excluding diaryl/α,β-unsaturated/α-hetero) is 1. The van der Waals surface area contributed by atoms with E-state index in [1.165, 1.54) is 0 Å². The molecule has 2 unspecified atom stereocenters. The fraction of sp³-hybridized carbons (Fsp3) is 0.393. The first kappa shape index (κ1) is 24.8. The number of carbonyl (C=O) groups excluding carboxylic acids is 1. The Labute approximate surface area is 207 Å². The first-order chi connectivity index (χ1) is 17.0. The lowest BCUT2D eigenvalue weighted by molar-refractivity contribution is 0.0746. The van der Waals surface area contributed by atoms with Gasteiger partial charge in [0.2, 0.25) is 5.95 Å². The van der Waals surface area contributed by atoms with Crippen LogP contribution >= 0.6 is 0 Å². The minimum Gasteiger partial charge on any atom is -0.380 e. The number of aliphatic hydroxyl groups excluding tert-OH is 1. The highest BCUT2D eigenvalue weighted by Crippen LogP contribution is 2.27. The molecule has 1 fully saturated rings. The molecular weight excluding hydrogens is 438 g/mol. The highest BCUT2D eigenvalue weighted by atomic mass is 16.3. The first-order valence-corrected chi connectivity index (χ1v) is 12.5. The van der Waals surface area contributed by atoms with Crippen LogP contribution in [0.4, 0.5) is 17.5 Å². The third-order valence-corrected chi connectivity index (χ3v) is 6.41. The van der Waals surface area contributed by atoms with Gasteiger partial charge in [-0.3, -0.25) is 4.79 Å². The van der Waals surface area contributed by atoms with Crippen molar-refractivity contribution in [2.75, 3.05) is 29.9 Å². The van der Waals surface area contributed by atoms with Crippen LogP contribution in [0.5, 0.6) is 0 Å². The van der Waals surface area contributed by atoms with Gasteiger partial charge in [-0.25, -0.2) is 4.98 Å². The van der Waals surface area contributed by atoms with Gasteiger partial charge in [0.1, 0.15) is 11.9 Å². The van der Waals surface area contributed by atoms with Crippen molar-refractivity contribution in [3.63, 3.8) is 0 Å². The largest absolute Gasteiger partial charge is 0.380 e. The molecule has 1 aromatic heterocycles. The summed E-state index contributed by atoms with van der Waals surface area (Å²) in [6.45, 7) is 9.02. The Morgan fingerprint density at radius 1 is 1.14 bits per heavy atom. The van der Waals surface area contributed by atoms with E-state index in [-0.39, 0.29) is 5.78 Å². The Morgan fingerprint density at radius 2 is 1.94 bits per heavy atom. The lowest BCUT2D eigenvalue weighted by Crippen LogP contribution is -2.32. The highest BCUT2D eigenvalue weighted by molar-refractivity contribution is 6.00. The maximum atomic E-state index is 12.8. The maximum absolute atomic E-state index is 12.8. The molecule has 2 atom stereocenters. The van der Waals surface area contributed by atoms with Crippen molar-refractivity contribution >= 4 is 23.2 Å². The lowest BCUT2D eigenvalue weighted by Gasteiger charge is -2.20. The smallest absolute Gasteiger partial charge is 0.229 e. The van der Waals surface area contributed by atoms with Crippen LogP contribution in [0.15, 0.2) is 54.6 Å². The minimum atomic E-state index is -1.24. The van der Waals surface area contributed by atoms with Crippen LogP contribution < -0.4 is 15.5 Å². The monoisotopic (exact) mass is 473 g/mol. The fourth-order valence-corrected chi connectivity index (χ4v) is 4.55. The van der Waals surface area contributed by atoms with Crippen molar-refractivity contribution < 1.29 is 9.90 Å². The first-order valence-electron chi connectivity index (χ1n) is 12.5. The molecule has 3 N–H and O–H groups in total. The number of carbonyl (C=O) groups is 1. The average molecular weight is 474 g/mol. The Bertz CT molecular complexity index is 1150. The molecule has 3 aromatic rings. The van der Waals surface area contributed by atoms with Gasteiger partial charge in [0.25, 0.3) is 0 Å². The number of likely N-dealkylation sites (N-methyl/N-ethyl adjacent to an activating group) is 1. The van der Waals surface area contributed by atoms with Gasteiger partial charge in [0.05, 0.1) is 0 Å². The Kier molecular flexibility index (Phi) is 8.10. The van der Waals surface area contributed by atoms with Gasteiger partial charge in [-0.1, -0.05) is 56.7 Å². The summed E-state index contributed by atoms with van der Waals surface area (Å²) in [5.41, 5.74) is 3.64. The normalized spacial score (nSPS) is 16.3. The van der Waals surface area contributed by atoms with E-state index in [0.717, 1.165) is 61.7 Å². The lowest BCUT2D eigenvalue weighted by atomic mass is 9.96. The number of ketones is 1. The molecule has 2 aromatic carbocycles. The van der Waals surface area contributed by atoms with E-state index < -0.39 is 6.10 Å². The SMILES string of the molecule is CCCc1cc(N2CCC(NCC)C2)nc(Nc2ccc(C)c(C(O)C(=O)c3ccccc3)c2)n1. The number of nitrogens with zero attached hydrogens (tertiary/aromatic N) is 3. The molecule has 184 valence electrons. The van der Waals surface area contributed by atoms with Crippen molar-refractivity contribution in [2.24, 2.45) is 0 Å². The number of rotatable bonds is 10. The molecule has 1 aliphatic rings. The number of aromatic nitrogens is 2. The number of hydrogen-bond acceptors (Lipinski definition) is 7. The maximum Gasteiger partial charge on any atom is 0.229 e. The third-order valence-electron chi connectivity index (χ3n) is 6.41. The summed E-state index contributed by atoms with van der Waals surface area (Å²) in [6.07, 6.45) is 1.73. The van der Waals surface area contributed by atoms with Crippen molar-refractivity contribution in [2.45, 2.75) is 52.2 Å². The predicted molar refractivity (Wildman–Crippen MR) is 141 cm³/mol. The Hall–Kier alpha value is -3.29. The van der Waals surface area contributed by atoms with Gasteiger partial charge >= 0.3 is 0 Å². The second-order valence-corrected chi connectivity index (χ2v) is 9.11. The van der Waals surface area contributed by atoms with Crippen molar-refractivity contribution in [1.82, 2.24) is 15.3 Å². The quantitative estimate of drug-likeness (QED) is 0.371. The Balaban J connectivity index is 1.58. The summed E-state index contributed by atoms with van der Waals surface area (Å²) in [5.74, 6) is 1.13. The number of aryl methyl sites for hydroxylation is 2. The molecule has 35 heavy (non-hydrogen) atoms. The van der Waals surface area contributed by atoms with Crippen molar-refractivity contribution in [3.8, 4) is 0 Å². The molecule has 7 heteroatoms. The van der Waals surface area contributed by atoms with Crippen LogP contribution in [0.25, 0.3) is 0 Å². The summed E-state index contributed by atoms with van der Waals surface area (Å²) < 4.78 is 0. The number of anilines is 3. The second-order valence-electron chi connectivity index (χ2n) is 9.11. The van der Waals surface area contributed by atoms with Crippen LogP contribution in [-0.2, 0) is 6.42 Å².